The van der Waals surface area contributed by atoms with E-state index in [9.17, 15) is 19.3 Å². The van der Waals surface area contributed by atoms with Crippen molar-refractivity contribution in [2.45, 2.75) is 0 Å². The molecule has 0 aliphatic carbocycles. The molecule has 5 nitrogen and oxygen atoms in total. The summed E-state index contributed by atoms with van der Waals surface area (Å²) >= 11 is 8.65. The second-order valence-electron chi connectivity index (χ2n) is 3.98. The van der Waals surface area contributed by atoms with Gasteiger partial charge in [-0.2, -0.15) is 0 Å². The van der Waals surface area contributed by atoms with Crippen LogP contribution < -0.4 is 5.32 Å². The van der Waals surface area contributed by atoms with Gasteiger partial charge in [0.05, 0.1) is 15.5 Å². The quantitative estimate of drug-likeness (QED) is 0.640. The minimum absolute atomic E-state index is 0.0701. The molecular formula is C13H7BrClFN2O3. The van der Waals surface area contributed by atoms with Gasteiger partial charge in [-0.25, -0.2) is 4.39 Å². The SMILES string of the molecule is O=C(Nc1ccc(F)c(Cl)c1)c1cccc([N+](=O)[O-])c1Br. The number of benzene rings is 2. The second-order valence-corrected chi connectivity index (χ2v) is 5.18. The summed E-state index contributed by atoms with van der Waals surface area (Å²) in [6.45, 7) is 0. The molecular weight excluding hydrogens is 367 g/mol. The van der Waals surface area contributed by atoms with Gasteiger partial charge in [0.1, 0.15) is 10.3 Å². The highest BCUT2D eigenvalue weighted by molar-refractivity contribution is 9.10. The Morgan fingerprint density at radius 3 is 2.67 bits per heavy atom. The summed E-state index contributed by atoms with van der Waals surface area (Å²) in [6.07, 6.45) is 0. The number of halogens is 3. The number of hydrogen-bond donors (Lipinski definition) is 1. The molecule has 0 heterocycles. The van der Waals surface area contributed by atoms with Gasteiger partial charge in [0.2, 0.25) is 0 Å². The predicted molar refractivity (Wildman–Crippen MR) is 80.2 cm³/mol. The average Bonchev–Trinajstić information content (AvgIpc) is 2.42. The lowest BCUT2D eigenvalue weighted by Gasteiger charge is -2.07. The van der Waals surface area contributed by atoms with Crippen molar-refractivity contribution in [2.75, 3.05) is 5.32 Å². The van der Waals surface area contributed by atoms with Gasteiger partial charge < -0.3 is 5.32 Å². The van der Waals surface area contributed by atoms with Crippen molar-refractivity contribution in [3.05, 3.63) is 67.4 Å². The van der Waals surface area contributed by atoms with E-state index in [2.05, 4.69) is 21.2 Å². The molecule has 8 heteroatoms. The predicted octanol–water partition coefficient (Wildman–Crippen LogP) is 4.40. The van der Waals surface area contributed by atoms with E-state index in [1.54, 1.807) is 0 Å². The van der Waals surface area contributed by atoms with Crippen LogP contribution in [0, 0.1) is 15.9 Å². The first-order valence-corrected chi connectivity index (χ1v) is 6.76. The molecule has 0 aliphatic rings. The molecule has 0 bridgehead atoms. The molecule has 0 fully saturated rings. The Morgan fingerprint density at radius 2 is 2.05 bits per heavy atom. The van der Waals surface area contributed by atoms with Crippen molar-refractivity contribution in [3.63, 3.8) is 0 Å². The van der Waals surface area contributed by atoms with Crippen LogP contribution in [0.25, 0.3) is 0 Å². The van der Waals surface area contributed by atoms with Gasteiger partial charge in [-0.15, -0.1) is 0 Å². The molecule has 0 radical (unpaired) electrons. The number of anilines is 1. The van der Waals surface area contributed by atoms with E-state index in [1.807, 2.05) is 0 Å². The number of hydrogen-bond acceptors (Lipinski definition) is 3. The zero-order valence-electron chi connectivity index (χ0n) is 10.3. The number of nitro groups is 1. The summed E-state index contributed by atoms with van der Waals surface area (Å²) < 4.78 is 13.1. The summed E-state index contributed by atoms with van der Waals surface area (Å²) in [4.78, 5) is 22.3. The molecule has 21 heavy (non-hydrogen) atoms. The Kier molecular flexibility index (Phi) is 4.54. The van der Waals surface area contributed by atoms with Crippen LogP contribution in [-0.4, -0.2) is 10.8 Å². The normalized spacial score (nSPS) is 10.2. The van der Waals surface area contributed by atoms with Gasteiger partial charge in [-0.05, 0) is 40.2 Å². The molecule has 0 aliphatic heterocycles. The van der Waals surface area contributed by atoms with E-state index in [4.69, 9.17) is 11.6 Å². The van der Waals surface area contributed by atoms with Crippen LogP contribution in [0.1, 0.15) is 10.4 Å². The van der Waals surface area contributed by atoms with E-state index >= 15 is 0 Å². The third-order valence-electron chi connectivity index (χ3n) is 2.60. The first-order valence-electron chi connectivity index (χ1n) is 5.59. The highest BCUT2D eigenvalue weighted by Gasteiger charge is 2.19. The molecule has 0 saturated carbocycles. The molecule has 0 spiro atoms. The lowest BCUT2D eigenvalue weighted by molar-refractivity contribution is -0.385. The molecule has 0 saturated heterocycles. The Hall–Kier alpha value is -1.99. The van der Waals surface area contributed by atoms with Crippen molar-refractivity contribution in [2.24, 2.45) is 0 Å². The number of rotatable bonds is 3. The van der Waals surface area contributed by atoms with E-state index in [1.165, 1.54) is 30.3 Å². The zero-order chi connectivity index (χ0) is 15.6. The maximum Gasteiger partial charge on any atom is 0.284 e. The summed E-state index contributed by atoms with van der Waals surface area (Å²) in [5.41, 5.74) is 0.147. The van der Waals surface area contributed by atoms with Crippen molar-refractivity contribution >= 4 is 44.8 Å². The van der Waals surface area contributed by atoms with Crippen LogP contribution >= 0.6 is 27.5 Å². The molecule has 108 valence electrons. The first-order chi connectivity index (χ1) is 9.90. The summed E-state index contributed by atoms with van der Waals surface area (Å²) in [7, 11) is 0. The molecule has 2 rings (SSSR count). The van der Waals surface area contributed by atoms with Crippen LogP contribution in [0.4, 0.5) is 15.8 Å². The second kappa shape index (κ2) is 6.19. The molecule has 2 aromatic carbocycles. The maximum atomic E-state index is 13.0. The largest absolute Gasteiger partial charge is 0.322 e. The van der Waals surface area contributed by atoms with E-state index < -0.39 is 16.6 Å². The average molecular weight is 374 g/mol. The van der Waals surface area contributed by atoms with Crippen LogP contribution in [0.2, 0.25) is 5.02 Å². The topological polar surface area (TPSA) is 72.2 Å². The van der Waals surface area contributed by atoms with Crippen molar-refractivity contribution in [1.82, 2.24) is 0 Å². The monoisotopic (exact) mass is 372 g/mol. The van der Waals surface area contributed by atoms with E-state index in [0.29, 0.717) is 0 Å². The van der Waals surface area contributed by atoms with Crippen molar-refractivity contribution in [3.8, 4) is 0 Å². The van der Waals surface area contributed by atoms with E-state index in [-0.39, 0.29) is 26.4 Å². The number of carbonyl (C=O) groups excluding carboxylic acids is 1. The Labute approximate surface area is 132 Å². The highest BCUT2D eigenvalue weighted by Crippen LogP contribution is 2.29. The third kappa shape index (κ3) is 3.37. The summed E-state index contributed by atoms with van der Waals surface area (Å²) in [6, 6.07) is 7.80. The lowest BCUT2D eigenvalue weighted by atomic mass is 10.2. The maximum absolute atomic E-state index is 13.0. The van der Waals surface area contributed by atoms with Crippen LogP contribution in [-0.2, 0) is 0 Å². The molecule has 0 aromatic heterocycles. The number of nitrogens with one attached hydrogen (secondary N) is 1. The number of carbonyl (C=O) groups is 1. The van der Waals surface area contributed by atoms with Gasteiger partial charge in [-0.1, -0.05) is 17.7 Å². The zero-order valence-corrected chi connectivity index (χ0v) is 12.6. The van der Waals surface area contributed by atoms with Gasteiger partial charge in [0.25, 0.3) is 11.6 Å². The van der Waals surface area contributed by atoms with E-state index in [0.717, 1.165) is 6.07 Å². The Bertz CT molecular complexity index is 739. The van der Waals surface area contributed by atoms with Crippen LogP contribution in [0.15, 0.2) is 40.9 Å². The van der Waals surface area contributed by atoms with Crippen LogP contribution in [0.5, 0.6) is 0 Å². The van der Waals surface area contributed by atoms with Gasteiger partial charge in [0, 0.05) is 11.8 Å². The fourth-order valence-corrected chi connectivity index (χ4v) is 2.38. The number of nitrogens with zero attached hydrogens (tertiary/aromatic N) is 1. The Morgan fingerprint density at radius 1 is 1.33 bits per heavy atom. The Balaban J connectivity index is 2.30. The molecule has 0 unspecified atom stereocenters. The smallest absolute Gasteiger partial charge is 0.284 e. The number of amides is 1. The van der Waals surface area contributed by atoms with Gasteiger partial charge in [-0.3, -0.25) is 14.9 Å². The van der Waals surface area contributed by atoms with Gasteiger partial charge >= 0.3 is 0 Å². The molecule has 0 atom stereocenters. The standard InChI is InChI=1S/C13H7BrClFN2O3/c14-12-8(2-1-3-11(12)18(20)21)13(19)17-7-4-5-10(16)9(15)6-7/h1-6H,(H,17,19). The van der Waals surface area contributed by atoms with Crippen molar-refractivity contribution in [1.29, 1.82) is 0 Å². The minimum Gasteiger partial charge on any atom is -0.322 e. The van der Waals surface area contributed by atoms with Gasteiger partial charge in [0.15, 0.2) is 0 Å². The van der Waals surface area contributed by atoms with Crippen LogP contribution in [0.3, 0.4) is 0 Å². The lowest BCUT2D eigenvalue weighted by Crippen LogP contribution is -2.13. The fourth-order valence-electron chi connectivity index (χ4n) is 1.61. The molecule has 2 aromatic rings. The minimum atomic E-state index is -0.605. The highest BCUT2D eigenvalue weighted by atomic mass is 79.9. The van der Waals surface area contributed by atoms with Crippen molar-refractivity contribution < 1.29 is 14.1 Å². The molecule has 1 amide bonds. The summed E-state index contributed by atoms with van der Waals surface area (Å²) in [5, 5.41) is 13.2. The third-order valence-corrected chi connectivity index (χ3v) is 3.72. The first kappa shape index (κ1) is 15.4. The molecule has 1 N–H and O–H groups in total. The fraction of sp³-hybridized carbons (Fsp3) is 0. The summed E-state index contributed by atoms with van der Waals surface area (Å²) in [5.74, 6) is -1.18. The number of nitro benzene ring substituents is 1.